The van der Waals surface area contributed by atoms with Gasteiger partial charge in [-0.1, -0.05) is 26.0 Å². The molecule has 1 N–H and O–H groups in total. The Kier molecular flexibility index (Phi) is 3.61. The van der Waals surface area contributed by atoms with Crippen molar-refractivity contribution in [1.82, 2.24) is 4.90 Å². The number of carbonyl (C=O) groups is 3. The molecular formula is C15H17NO4. The summed E-state index contributed by atoms with van der Waals surface area (Å²) in [4.78, 5) is 36.0. The Hall–Kier alpha value is -2.17. The van der Waals surface area contributed by atoms with E-state index < -0.39 is 11.4 Å². The predicted octanol–water partition coefficient (Wildman–Crippen LogP) is 1.71. The fourth-order valence-electron chi connectivity index (χ4n) is 2.35. The highest BCUT2D eigenvalue weighted by Crippen LogP contribution is 2.31. The predicted molar refractivity (Wildman–Crippen MR) is 72.2 cm³/mol. The quantitative estimate of drug-likeness (QED) is 0.849. The summed E-state index contributed by atoms with van der Waals surface area (Å²) in [5.41, 5.74) is 0.386. The lowest BCUT2D eigenvalue weighted by Gasteiger charge is -2.17. The van der Waals surface area contributed by atoms with Gasteiger partial charge < -0.3 is 5.11 Å². The van der Waals surface area contributed by atoms with E-state index in [2.05, 4.69) is 0 Å². The number of nitrogens with zero attached hydrogens (tertiary/aromatic N) is 1. The SMILES string of the molecule is CC1(C)CC(=O)N(CCc2cccc(C(=O)O)c2)C1=O. The molecule has 106 valence electrons. The minimum absolute atomic E-state index is 0.156. The van der Waals surface area contributed by atoms with Gasteiger partial charge in [0.1, 0.15) is 0 Å². The van der Waals surface area contributed by atoms with Crippen LogP contribution in [0.15, 0.2) is 24.3 Å². The smallest absolute Gasteiger partial charge is 0.335 e. The fraction of sp³-hybridized carbons (Fsp3) is 0.400. The zero-order chi connectivity index (χ0) is 14.9. The van der Waals surface area contributed by atoms with Crippen molar-refractivity contribution in [1.29, 1.82) is 0 Å². The van der Waals surface area contributed by atoms with Crippen molar-refractivity contribution < 1.29 is 19.5 Å². The van der Waals surface area contributed by atoms with Crippen LogP contribution in [0.1, 0.15) is 36.2 Å². The zero-order valence-corrected chi connectivity index (χ0v) is 11.5. The molecule has 1 saturated heterocycles. The van der Waals surface area contributed by atoms with Gasteiger partial charge in [0.2, 0.25) is 11.8 Å². The Morgan fingerprint density at radius 2 is 2.05 bits per heavy atom. The second kappa shape index (κ2) is 5.07. The normalized spacial score (nSPS) is 17.6. The molecule has 0 aromatic heterocycles. The van der Waals surface area contributed by atoms with Crippen molar-refractivity contribution in [2.75, 3.05) is 6.54 Å². The van der Waals surface area contributed by atoms with Gasteiger partial charge in [0.05, 0.1) is 11.0 Å². The number of imide groups is 1. The number of carboxylic acids is 1. The lowest BCUT2D eigenvalue weighted by atomic mass is 9.92. The molecule has 0 spiro atoms. The van der Waals surface area contributed by atoms with E-state index in [1.807, 2.05) is 0 Å². The summed E-state index contributed by atoms with van der Waals surface area (Å²) in [6, 6.07) is 6.54. The second-order valence-electron chi connectivity index (χ2n) is 5.67. The van der Waals surface area contributed by atoms with Crippen molar-refractivity contribution in [3.05, 3.63) is 35.4 Å². The maximum Gasteiger partial charge on any atom is 0.335 e. The molecule has 0 saturated carbocycles. The number of aromatic carboxylic acids is 1. The average molecular weight is 275 g/mol. The van der Waals surface area contributed by atoms with Crippen molar-refractivity contribution in [3.63, 3.8) is 0 Å². The molecule has 0 aliphatic carbocycles. The van der Waals surface area contributed by atoms with E-state index in [0.29, 0.717) is 13.0 Å². The molecule has 0 atom stereocenters. The van der Waals surface area contributed by atoms with Crippen molar-refractivity contribution >= 4 is 17.8 Å². The molecule has 20 heavy (non-hydrogen) atoms. The molecule has 1 aliphatic rings. The Labute approximate surface area is 117 Å². The molecule has 1 aliphatic heterocycles. The molecule has 1 heterocycles. The summed E-state index contributed by atoms with van der Waals surface area (Å²) in [7, 11) is 0. The maximum absolute atomic E-state index is 12.0. The maximum atomic E-state index is 12.0. The first-order valence-corrected chi connectivity index (χ1v) is 6.48. The van der Waals surface area contributed by atoms with Crippen LogP contribution < -0.4 is 0 Å². The van der Waals surface area contributed by atoms with Crippen LogP contribution in [0.5, 0.6) is 0 Å². The summed E-state index contributed by atoms with van der Waals surface area (Å²) in [5, 5.41) is 8.92. The first-order chi connectivity index (χ1) is 9.31. The van der Waals surface area contributed by atoms with E-state index in [1.165, 1.54) is 11.0 Å². The molecule has 2 rings (SSSR count). The zero-order valence-electron chi connectivity index (χ0n) is 11.5. The van der Waals surface area contributed by atoms with E-state index in [9.17, 15) is 14.4 Å². The van der Waals surface area contributed by atoms with Gasteiger partial charge in [0.25, 0.3) is 0 Å². The number of carboxylic acid groups (broad SMARTS) is 1. The molecule has 1 fully saturated rings. The summed E-state index contributed by atoms with van der Waals surface area (Å²) < 4.78 is 0. The van der Waals surface area contributed by atoms with Crippen molar-refractivity contribution in [2.24, 2.45) is 5.41 Å². The van der Waals surface area contributed by atoms with Gasteiger partial charge in [0.15, 0.2) is 0 Å². The topological polar surface area (TPSA) is 74.7 Å². The number of amides is 2. The van der Waals surface area contributed by atoms with E-state index in [1.54, 1.807) is 32.0 Å². The number of rotatable bonds is 4. The molecular weight excluding hydrogens is 258 g/mol. The van der Waals surface area contributed by atoms with Gasteiger partial charge in [-0.15, -0.1) is 0 Å². The first kappa shape index (κ1) is 14.2. The lowest BCUT2D eigenvalue weighted by molar-refractivity contribution is -0.140. The molecule has 5 nitrogen and oxygen atoms in total. The van der Waals surface area contributed by atoms with Crippen LogP contribution in [0.3, 0.4) is 0 Å². The van der Waals surface area contributed by atoms with Crippen LogP contribution in [0.2, 0.25) is 0 Å². The highest BCUT2D eigenvalue weighted by molar-refractivity contribution is 6.05. The summed E-state index contributed by atoms with van der Waals surface area (Å²) in [6.07, 6.45) is 0.704. The average Bonchev–Trinajstić information content (AvgIpc) is 2.57. The number of likely N-dealkylation sites (tertiary alicyclic amines) is 1. The van der Waals surface area contributed by atoms with Gasteiger partial charge in [-0.3, -0.25) is 14.5 Å². The first-order valence-electron chi connectivity index (χ1n) is 6.48. The monoisotopic (exact) mass is 275 g/mol. The second-order valence-corrected chi connectivity index (χ2v) is 5.67. The van der Waals surface area contributed by atoms with E-state index in [0.717, 1.165) is 5.56 Å². The molecule has 0 radical (unpaired) electrons. The molecule has 1 aromatic carbocycles. The third-order valence-corrected chi connectivity index (χ3v) is 3.52. The minimum atomic E-state index is -0.985. The fourth-order valence-corrected chi connectivity index (χ4v) is 2.35. The number of benzene rings is 1. The van der Waals surface area contributed by atoms with Crippen LogP contribution >= 0.6 is 0 Å². The number of hydrogen-bond donors (Lipinski definition) is 1. The van der Waals surface area contributed by atoms with E-state index in [4.69, 9.17) is 5.11 Å². The van der Waals surface area contributed by atoms with Gasteiger partial charge >= 0.3 is 5.97 Å². The number of carbonyl (C=O) groups excluding carboxylic acids is 2. The standard InChI is InChI=1S/C15H17NO4/c1-15(2)9-12(17)16(14(15)20)7-6-10-4-3-5-11(8-10)13(18)19/h3-5,8H,6-7,9H2,1-2H3,(H,18,19). The molecule has 5 heteroatoms. The molecule has 2 amide bonds. The third kappa shape index (κ3) is 2.71. The van der Waals surface area contributed by atoms with Crippen LogP contribution in [-0.2, 0) is 16.0 Å². The van der Waals surface area contributed by atoms with Crippen LogP contribution in [0.25, 0.3) is 0 Å². The highest BCUT2D eigenvalue weighted by atomic mass is 16.4. The van der Waals surface area contributed by atoms with Gasteiger partial charge in [-0.05, 0) is 24.1 Å². The highest BCUT2D eigenvalue weighted by Gasteiger charge is 2.44. The van der Waals surface area contributed by atoms with Crippen molar-refractivity contribution in [3.8, 4) is 0 Å². The summed E-state index contributed by atoms with van der Waals surface area (Å²) >= 11 is 0. The molecule has 1 aromatic rings. The van der Waals surface area contributed by atoms with Gasteiger partial charge in [-0.2, -0.15) is 0 Å². The Balaban J connectivity index is 2.06. The lowest BCUT2D eigenvalue weighted by Crippen LogP contribution is -2.34. The number of hydrogen-bond acceptors (Lipinski definition) is 3. The van der Waals surface area contributed by atoms with Crippen LogP contribution in [-0.4, -0.2) is 34.3 Å². The molecule has 0 unspecified atom stereocenters. The van der Waals surface area contributed by atoms with Crippen molar-refractivity contribution in [2.45, 2.75) is 26.7 Å². The Morgan fingerprint density at radius 3 is 2.60 bits per heavy atom. The van der Waals surface area contributed by atoms with Crippen LogP contribution in [0.4, 0.5) is 0 Å². The Bertz CT molecular complexity index is 577. The van der Waals surface area contributed by atoms with Crippen LogP contribution in [0, 0.1) is 5.41 Å². The van der Waals surface area contributed by atoms with E-state index in [-0.39, 0.29) is 23.8 Å². The Morgan fingerprint density at radius 1 is 1.35 bits per heavy atom. The van der Waals surface area contributed by atoms with E-state index >= 15 is 0 Å². The van der Waals surface area contributed by atoms with Gasteiger partial charge in [-0.25, -0.2) is 4.79 Å². The summed E-state index contributed by atoms with van der Waals surface area (Å²) in [6.45, 7) is 3.82. The third-order valence-electron chi connectivity index (χ3n) is 3.52. The minimum Gasteiger partial charge on any atom is -0.478 e. The molecule has 0 bridgehead atoms. The summed E-state index contributed by atoms with van der Waals surface area (Å²) in [5.74, 6) is -1.30. The van der Waals surface area contributed by atoms with Gasteiger partial charge in [0, 0.05) is 13.0 Å². The largest absolute Gasteiger partial charge is 0.478 e.